The van der Waals surface area contributed by atoms with Crippen molar-refractivity contribution >= 4 is 184 Å². The van der Waals surface area contributed by atoms with Crippen LogP contribution in [-0.4, -0.2) is 13.7 Å². The number of furan rings is 2. The van der Waals surface area contributed by atoms with Gasteiger partial charge in [0.25, 0.3) is 0 Å². The molecular weight excluding hydrogens is 1420 g/mol. The predicted molar refractivity (Wildman–Crippen MR) is 472 cm³/mol. The number of hydrogen-bond acceptors (Lipinski definition) is 7. The van der Waals surface area contributed by atoms with Crippen LogP contribution in [0.25, 0.3) is 235 Å². The molecule has 25 aromatic rings. The van der Waals surface area contributed by atoms with Crippen molar-refractivity contribution in [3.05, 3.63) is 379 Å². The Morgan fingerprint density at radius 3 is 1.17 bits per heavy atom. The van der Waals surface area contributed by atoms with E-state index in [2.05, 4.69) is 293 Å². The van der Waals surface area contributed by atoms with E-state index in [1.54, 1.807) is 11.3 Å². The van der Waals surface area contributed by atoms with Crippen molar-refractivity contribution in [2.24, 2.45) is 0 Å². The van der Waals surface area contributed by atoms with Crippen LogP contribution in [0.3, 0.4) is 0 Å². The molecule has 0 atom stereocenters. The maximum atomic E-state index is 13.8. The Bertz CT molecular complexity index is 8550. The Labute approximate surface area is 651 Å². The van der Waals surface area contributed by atoms with Gasteiger partial charge in [0.2, 0.25) is 0 Å². The largest absolute Gasteiger partial charge is 0.456 e. The van der Waals surface area contributed by atoms with Gasteiger partial charge in [0.05, 0.1) is 43.9 Å². The minimum absolute atomic E-state index is 0.335. The third-order valence-corrected chi connectivity index (χ3v) is 24.5. The molecule has 0 radical (unpaired) electrons. The van der Waals surface area contributed by atoms with Crippen LogP contribution in [0.15, 0.2) is 385 Å². The molecule has 17 aromatic carbocycles. The molecule has 8 heterocycles. The molecule has 0 N–H and O–H groups in total. The zero-order chi connectivity index (χ0) is 75.0. The molecule has 8 aromatic heterocycles. The third kappa shape index (κ3) is 9.71. The first-order valence-corrected chi connectivity index (χ1v) is 39.0. The lowest BCUT2D eigenvalue weighted by atomic mass is 9.96. The highest BCUT2D eigenvalue weighted by atomic mass is 32.1. The fourth-order valence-corrected chi connectivity index (χ4v) is 19.4. The summed E-state index contributed by atoms with van der Waals surface area (Å²) in [5.74, 6) is 0. The number of thiophene rings is 1. The molecular formula is C104H59N3O6S. The van der Waals surface area contributed by atoms with E-state index in [0.717, 1.165) is 171 Å². The van der Waals surface area contributed by atoms with E-state index in [4.69, 9.17) is 17.7 Å². The second-order valence-corrected chi connectivity index (χ2v) is 30.7. The zero-order valence-corrected chi connectivity index (χ0v) is 61.6. The zero-order valence-electron chi connectivity index (χ0n) is 60.8. The molecule has 9 nitrogen and oxygen atoms in total. The highest BCUT2D eigenvalue weighted by Gasteiger charge is 2.24. The van der Waals surface area contributed by atoms with Crippen LogP contribution in [0.4, 0.5) is 0 Å². The van der Waals surface area contributed by atoms with Crippen LogP contribution >= 0.6 is 11.3 Å². The molecule has 10 heteroatoms. The van der Waals surface area contributed by atoms with Crippen molar-refractivity contribution < 1.29 is 17.7 Å². The van der Waals surface area contributed by atoms with E-state index in [1.165, 1.54) is 41.8 Å². The number of para-hydroxylation sites is 6. The smallest absolute Gasteiger partial charge is 0.344 e. The van der Waals surface area contributed by atoms with Gasteiger partial charge in [-0.25, -0.2) is 9.59 Å². The average Bonchev–Trinajstić information content (AvgIpc) is 1.56. The standard InChI is InChI=1S/C55H32N2O2S.C49H27NO4/c58-55-46-29-35(38-18-11-21-53-54(38)42-17-8-10-20-52(42)60-53)23-25-39(46)41-26-22-34(30-51(41)59-55)33-24-27-48-43(28-33)45-32-49-44(31-50(45)57(48)37-14-5-2-6-15-37)40-16-7-9-19-47(40)56(49)36-12-3-1-4-13-36;51-49-40-24-30(32-13-8-16-45-48(32)36-12-5-7-15-44(36)52-45)18-20-33(40)35-21-17-29(25-46(35)54-49)28-19-22-41-37(23-28)38-26-39-34-11-4-6-14-43(34)53-47(39)27-42(38)50(41)31-9-2-1-3-10-31/h1-32H;1-27H. The Balaban J connectivity index is 0.000000132. The van der Waals surface area contributed by atoms with Gasteiger partial charge in [-0.3, -0.25) is 0 Å². The van der Waals surface area contributed by atoms with Gasteiger partial charge in [0.1, 0.15) is 33.5 Å². The van der Waals surface area contributed by atoms with Gasteiger partial charge in [-0.15, -0.1) is 11.3 Å². The summed E-state index contributed by atoms with van der Waals surface area (Å²) in [7, 11) is 0. The molecule has 0 aliphatic carbocycles. The molecule has 0 aliphatic rings. The Morgan fingerprint density at radius 1 is 0.193 bits per heavy atom. The fourth-order valence-electron chi connectivity index (χ4n) is 18.2. The fraction of sp³-hybridized carbons (Fsp3) is 0. The maximum Gasteiger partial charge on any atom is 0.344 e. The van der Waals surface area contributed by atoms with Crippen molar-refractivity contribution in [1.82, 2.24) is 13.7 Å². The van der Waals surface area contributed by atoms with Gasteiger partial charge >= 0.3 is 11.3 Å². The van der Waals surface area contributed by atoms with Gasteiger partial charge in [0.15, 0.2) is 0 Å². The van der Waals surface area contributed by atoms with Crippen molar-refractivity contribution in [3.8, 4) is 61.6 Å². The second kappa shape index (κ2) is 24.7. The first-order valence-electron chi connectivity index (χ1n) is 38.2. The molecule has 0 fully saturated rings. The topological polar surface area (TPSA) is 101 Å². The quantitative estimate of drug-likeness (QED) is 0.116. The number of rotatable bonds is 7. The van der Waals surface area contributed by atoms with Gasteiger partial charge < -0.3 is 31.4 Å². The molecule has 532 valence electrons. The van der Waals surface area contributed by atoms with E-state index in [9.17, 15) is 9.59 Å². The first-order chi connectivity index (χ1) is 56.3. The predicted octanol–water partition coefficient (Wildman–Crippen LogP) is 28.0. The minimum Gasteiger partial charge on any atom is -0.456 e. The number of benzene rings is 17. The van der Waals surface area contributed by atoms with Crippen LogP contribution in [0.1, 0.15) is 0 Å². The monoisotopic (exact) mass is 1480 g/mol. The van der Waals surface area contributed by atoms with Crippen molar-refractivity contribution in [1.29, 1.82) is 0 Å². The van der Waals surface area contributed by atoms with Crippen LogP contribution in [0.5, 0.6) is 0 Å². The lowest BCUT2D eigenvalue weighted by Crippen LogP contribution is -2.00. The summed E-state index contributed by atoms with van der Waals surface area (Å²) in [6, 6.07) is 125. The van der Waals surface area contributed by atoms with E-state index in [0.29, 0.717) is 21.9 Å². The van der Waals surface area contributed by atoms with E-state index >= 15 is 0 Å². The highest BCUT2D eigenvalue weighted by Crippen LogP contribution is 2.47. The Hall–Kier alpha value is -15.1. The number of aromatic nitrogens is 3. The molecule has 114 heavy (non-hydrogen) atoms. The first kappa shape index (κ1) is 63.8. The number of hydrogen-bond donors (Lipinski definition) is 0. The molecule has 0 unspecified atom stereocenters. The molecule has 0 saturated carbocycles. The van der Waals surface area contributed by atoms with Crippen molar-refractivity contribution in [2.75, 3.05) is 0 Å². The normalized spacial score (nSPS) is 12.1. The molecule has 0 amide bonds. The van der Waals surface area contributed by atoms with Crippen molar-refractivity contribution in [2.45, 2.75) is 0 Å². The van der Waals surface area contributed by atoms with Crippen molar-refractivity contribution in [3.63, 3.8) is 0 Å². The van der Waals surface area contributed by atoms with Gasteiger partial charge in [0, 0.05) is 108 Å². The minimum atomic E-state index is -0.363. The third-order valence-electron chi connectivity index (χ3n) is 23.4. The lowest BCUT2D eigenvalue weighted by molar-refractivity contribution is 0.569. The summed E-state index contributed by atoms with van der Waals surface area (Å²) in [6.45, 7) is 0. The van der Waals surface area contributed by atoms with Crippen LogP contribution < -0.4 is 11.3 Å². The SMILES string of the molecule is O=c1oc2cc(-c3ccc4c(c3)c3cc5c(cc3n4-c3ccccc3)c3ccccc3n5-c3ccccc3)ccc2c2ccc(-c3cccc4sc5ccccc5c34)cc12.O=c1oc2cc(-c3ccc4c(c3)c3cc5c(cc3n4-c3ccccc3)oc3ccccc35)ccc2c2ccc(-c3cccc4oc5ccccc5c34)cc12. The summed E-state index contributed by atoms with van der Waals surface area (Å²) in [5.41, 5.74) is 22.1. The van der Waals surface area contributed by atoms with Gasteiger partial charge in [-0.05, 0) is 207 Å². The molecule has 25 rings (SSSR count). The van der Waals surface area contributed by atoms with Gasteiger partial charge in [-0.2, -0.15) is 0 Å². The van der Waals surface area contributed by atoms with Gasteiger partial charge in [-0.1, -0.05) is 200 Å². The van der Waals surface area contributed by atoms with E-state index in [1.807, 2.05) is 78.9 Å². The van der Waals surface area contributed by atoms with Crippen LogP contribution in [-0.2, 0) is 0 Å². The van der Waals surface area contributed by atoms with Crippen LogP contribution in [0, 0.1) is 0 Å². The summed E-state index contributed by atoms with van der Waals surface area (Å²) in [5, 5.41) is 18.4. The second-order valence-electron chi connectivity index (χ2n) is 29.6. The molecule has 0 spiro atoms. The Kier molecular flexibility index (Phi) is 13.8. The molecule has 0 saturated heterocycles. The summed E-state index contributed by atoms with van der Waals surface area (Å²) in [6.07, 6.45) is 0. The summed E-state index contributed by atoms with van der Waals surface area (Å²) >= 11 is 1.80. The van der Waals surface area contributed by atoms with E-state index in [-0.39, 0.29) is 11.3 Å². The molecule has 0 aliphatic heterocycles. The Morgan fingerprint density at radius 2 is 0.570 bits per heavy atom. The summed E-state index contributed by atoms with van der Waals surface area (Å²) in [4.78, 5) is 27.5. The maximum absolute atomic E-state index is 13.8. The number of nitrogens with zero attached hydrogens (tertiary/aromatic N) is 3. The number of fused-ring (bicyclic) bond motifs is 24. The van der Waals surface area contributed by atoms with Crippen LogP contribution in [0.2, 0.25) is 0 Å². The molecule has 0 bridgehead atoms. The lowest BCUT2D eigenvalue weighted by Gasteiger charge is -2.10. The highest BCUT2D eigenvalue weighted by molar-refractivity contribution is 7.26. The average molecular weight is 1480 g/mol. The summed E-state index contributed by atoms with van der Waals surface area (Å²) < 4.78 is 34.3. The van der Waals surface area contributed by atoms with E-state index < -0.39 is 0 Å².